The number of halogens is 2. The zero-order valence-electron chi connectivity index (χ0n) is 9.04. The molecule has 7 heteroatoms. The summed E-state index contributed by atoms with van der Waals surface area (Å²) in [7, 11) is -4.08. The van der Waals surface area contributed by atoms with Crippen molar-refractivity contribution in [2.45, 2.75) is 11.8 Å². The molecule has 0 aliphatic heterocycles. The van der Waals surface area contributed by atoms with Crippen molar-refractivity contribution in [3.05, 3.63) is 34.6 Å². The Morgan fingerprint density at radius 3 is 2.65 bits per heavy atom. The molecule has 0 bridgehead atoms. The molecular formula is C10H11BrFNO3S. The van der Waals surface area contributed by atoms with Gasteiger partial charge < -0.3 is 4.74 Å². The van der Waals surface area contributed by atoms with Crippen molar-refractivity contribution in [3.63, 3.8) is 0 Å². The lowest BCUT2D eigenvalue weighted by atomic mass is 10.3. The van der Waals surface area contributed by atoms with Gasteiger partial charge in [0.15, 0.2) is 0 Å². The second kappa shape index (κ2) is 5.16. The molecule has 0 unspecified atom stereocenters. The molecule has 4 nitrogen and oxygen atoms in total. The highest BCUT2D eigenvalue weighted by Gasteiger charge is 2.17. The molecule has 1 aromatic carbocycles. The van der Waals surface area contributed by atoms with Crippen LogP contribution in [0.4, 0.5) is 4.39 Å². The molecule has 0 saturated carbocycles. The number of rotatable bonds is 4. The van der Waals surface area contributed by atoms with Gasteiger partial charge in [-0.15, -0.1) is 0 Å². The van der Waals surface area contributed by atoms with Crippen molar-refractivity contribution in [1.29, 1.82) is 0 Å². The standard InChI is InChI=1S/C10H11BrFNO3S/c1-6(2)5-16-9-4-8(12)10(3-7(9)11)17(13,14)15/h3-4H,1,5H2,2H3,(H2,13,14,15). The Balaban J connectivity index is 3.14. The van der Waals surface area contributed by atoms with Crippen LogP contribution in [-0.2, 0) is 10.0 Å². The summed E-state index contributed by atoms with van der Waals surface area (Å²) in [5.41, 5.74) is 0.757. The quantitative estimate of drug-likeness (QED) is 0.863. The second-order valence-electron chi connectivity index (χ2n) is 3.50. The maximum absolute atomic E-state index is 13.5. The van der Waals surface area contributed by atoms with Crippen molar-refractivity contribution in [3.8, 4) is 5.75 Å². The summed E-state index contributed by atoms with van der Waals surface area (Å²) in [6, 6.07) is 2.03. The zero-order chi connectivity index (χ0) is 13.2. The van der Waals surface area contributed by atoms with Crippen LogP contribution in [0.2, 0.25) is 0 Å². The molecule has 17 heavy (non-hydrogen) atoms. The van der Waals surface area contributed by atoms with Crippen molar-refractivity contribution in [2.24, 2.45) is 5.14 Å². The minimum absolute atomic E-state index is 0.193. The van der Waals surface area contributed by atoms with E-state index in [2.05, 4.69) is 22.5 Å². The Morgan fingerprint density at radius 1 is 1.59 bits per heavy atom. The third kappa shape index (κ3) is 3.79. The fourth-order valence-electron chi connectivity index (χ4n) is 1.04. The number of hydrogen-bond acceptors (Lipinski definition) is 3. The summed E-state index contributed by atoms with van der Waals surface area (Å²) in [5.74, 6) is -0.759. The van der Waals surface area contributed by atoms with Crippen molar-refractivity contribution in [1.82, 2.24) is 0 Å². The smallest absolute Gasteiger partial charge is 0.241 e. The fourth-order valence-corrected chi connectivity index (χ4v) is 2.26. The third-order valence-corrected chi connectivity index (χ3v) is 3.31. The lowest BCUT2D eigenvalue weighted by Gasteiger charge is -2.09. The SMILES string of the molecule is C=C(C)COc1cc(F)c(S(N)(=O)=O)cc1Br. The van der Waals surface area contributed by atoms with Gasteiger partial charge >= 0.3 is 0 Å². The summed E-state index contributed by atoms with van der Waals surface area (Å²) < 4.78 is 41.1. The van der Waals surface area contributed by atoms with E-state index in [0.29, 0.717) is 4.47 Å². The molecule has 0 amide bonds. The first-order chi connectivity index (χ1) is 7.71. The second-order valence-corrected chi connectivity index (χ2v) is 5.89. The van der Waals surface area contributed by atoms with Crippen molar-refractivity contribution >= 4 is 26.0 Å². The monoisotopic (exact) mass is 323 g/mol. The van der Waals surface area contributed by atoms with Crippen LogP contribution in [0.15, 0.2) is 33.7 Å². The van der Waals surface area contributed by atoms with E-state index in [9.17, 15) is 12.8 Å². The lowest BCUT2D eigenvalue weighted by molar-refractivity contribution is 0.347. The minimum atomic E-state index is -4.08. The van der Waals surface area contributed by atoms with Gasteiger partial charge in [0.05, 0.1) is 4.47 Å². The van der Waals surface area contributed by atoms with Crippen LogP contribution < -0.4 is 9.88 Å². The first-order valence-corrected chi connectivity index (χ1v) is 6.85. The van der Waals surface area contributed by atoms with E-state index in [-0.39, 0.29) is 12.4 Å². The molecule has 0 aliphatic carbocycles. The topological polar surface area (TPSA) is 69.4 Å². The number of hydrogen-bond donors (Lipinski definition) is 1. The predicted molar refractivity (Wildman–Crippen MR) is 65.8 cm³/mol. The van der Waals surface area contributed by atoms with Crippen LogP contribution in [0.1, 0.15) is 6.92 Å². The van der Waals surface area contributed by atoms with Crippen LogP contribution >= 0.6 is 15.9 Å². The Morgan fingerprint density at radius 2 is 2.18 bits per heavy atom. The van der Waals surface area contributed by atoms with Gasteiger partial charge in [-0.25, -0.2) is 17.9 Å². The number of sulfonamides is 1. The van der Waals surface area contributed by atoms with Crippen LogP contribution in [0, 0.1) is 5.82 Å². The van der Waals surface area contributed by atoms with Gasteiger partial charge in [-0.3, -0.25) is 0 Å². The molecule has 1 rings (SSSR count). The Hall–Kier alpha value is -0.920. The van der Waals surface area contributed by atoms with Gasteiger partial charge in [0.1, 0.15) is 23.1 Å². The molecule has 0 radical (unpaired) electrons. The highest BCUT2D eigenvalue weighted by atomic mass is 79.9. The average molecular weight is 324 g/mol. The summed E-state index contributed by atoms with van der Waals surface area (Å²) >= 11 is 3.08. The highest BCUT2D eigenvalue weighted by Crippen LogP contribution is 2.30. The summed E-state index contributed by atoms with van der Waals surface area (Å²) in [5, 5.41) is 4.86. The van der Waals surface area contributed by atoms with E-state index in [0.717, 1.165) is 17.7 Å². The molecule has 0 fully saturated rings. The molecule has 0 heterocycles. The number of ether oxygens (including phenoxy) is 1. The minimum Gasteiger partial charge on any atom is -0.488 e. The maximum Gasteiger partial charge on any atom is 0.241 e. The first-order valence-electron chi connectivity index (χ1n) is 4.51. The fraction of sp³-hybridized carbons (Fsp3) is 0.200. The van der Waals surface area contributed by atoms with Gasteiger partial charge in [-0.1, -0.05) is 6.58 Å². The Bertz CT molecular complexity index is 557. The largest absolute Gasteiger partial charge is 0.488 e. The maximum atomic E-state index is 13.5. The molecule has 0 atom stereocenters. The molecule has 0 aromatic heterocycles. The normalized spacial score (nSPS) is 11.3. The highest BCUT2D eigenvalue weighted by molar-refractivity contribution is 9.10. The Kier molecular flexibility index (Phi) is 4.29. The summed E-state index contributed by atoms with van der Waals surface area (Å²) in [6.45, 7) is 5.60. The van der Waals surface area contributed by atoms with Crippen LogP contribution in [0.25, 0.3) is 0 Å². The van der Waals surface area contributed by atoms with Crippen LogP contribution in [-0.4, -0.2) is 15.0 Å². The average Bonchev–Trinajstić information content (AvgIpc) is 2.17. The van der Waals surface area contributed by atoms with E-state index < -0.39 is 20.7 Å². The summed E-state index contributed by atoms with van der Waals surface area (Å²) in [6.07, 6.45) is 0. The number of primary sulfonamides is 1. The number of nitrogens with two attached hydrogens (primary N) is 1. The van der Waals surface area contributed by atoms with Crippen molar-refractivity contribution < 1.29 is 17.5 Å². The zero-order valence-corrected chi connectivity index (χ0v) is 11.4. The van der Waals surface area contributed by atoms with Crippen molar-refractivity contribution in [2.75, 3.05) is 6.61 Å². The van der Waals surface area contributed by atoms with E-state index >= 15 is 0 Å². The van der Waals surface area contributed by atoms with Gasteiger partial charge in [0.2, 0.25) is 10.0 Å². The Labute approximate surface area is 107 Å². The van der Waals surface area contributed by atoms with Crippen LogP contribution in [0.5, 0.6) is 5.75 Å². The van der Waals surface area contributed by atoms with E-state index in [1.54, 1.807) is 6.92 Å². The molecule has 0 spiro atoms. The van der Waals surface area contributed by atoms with Gasteiger partial charge in [-0.05, 0) is 34.5 Å². The molecular weight excluding hydrogens is 313 g/mol. The number of benzene rings is 1. The molecule has 1 aromatic rings. The predicted octanol–water partition coefficient (Wildman–Crippen LogP) is 2.19. The lowest BCUT2D eigenvalue weighted by Crippen LogP contribution is -2.14. The molecule has 0 aliphatic rings. The summed E-state index contributed by atoms with van der Waals surface area (Å²) in [4.78, 5) is -0.577. The van der Waals surface area contributed by atoms with E-state index in [1.165, 1.54) is 0 Å². The first kappa shape index (κ1) is 14.1. The van der Waals surface area contributed by atoms with E-state index in [1.807, 2.05) is 0 Å². The van der Waals surface area contributed by atoms with E-state index in [4.69, 9.17) is 9.88 Å². The van der Waals surface area contributed by atoms with Crippen LogP contribution in [0.3, 0.4) is 0 Å². The third-order valence-electron chi connectivity index (χ3n) is 1.77. The molecule has 94 valence electrons. The van der Waals surface area contributed by atoms with Gasteiger partial charge in [0.25, 0.3) is 0 Å². The molecule has 0 saturated heterocycles. The van der Waals surface area contributed by atoms with Gasteiger partial charge in [-0.2, -0.15) is 0 Å². The molecule has 2 N–H and O–H groups in total. The van der Waals surface area contributed by atoms with Gasteiger partial charge in [0, 0.05) is 6.07 Å².